The Morgan fingerprint density at radius 1 is 1.32 bits per heavy atom. The summed E-state index contributed by atoms with van der Waals surface area (Å²) in [7, 11) is 0. The standard InChI is InChI=1S/C14H21N3OS/c1-12-3-2-4-13(11-12)15-14(19)17-7-5-16(6-8-17)9-10-18/h2-4,11,18H,5-10H2,1H3,(H,15,19). The number of piperazine rings is 1. The Labute approximate surface area is 120 Å². The van der Waals surface area contributed by atoms with Gasteiger partial charge in [-0.25, -0.2) is 0 Å². The predicted octanol–water partition coefficient (Wildman–Crippen LogP) is 1.30. The van der Waals surface area contributed by atoms with E-state index < -0.39 is 0 Å². The van der Waals surface area contributed by atoms with Crippen LogP contribution in [0.25, 0.3) is 0 Å². The van der Waals surface area contributed by atoms with Crippen LogP contribution in [0.3, 0.4) is 0 Å². The summed E-state index contributed by atoms with van der Waals surface area (Å²) in [6.07, 6.45) is 0. The normalized spacial score (nSPS) is 16.4. The third kappa shape index (κ3) is 4.16. The molecule has 104 valence electrons. The van der Waals surface area contributed by atoms with Crippen LogP contribution in [0, 0.1) is 6.92 Å². The number of hydrogen-bond donors (Lipinski definition) is 2. The fourth-order valence-corrected chi connectivity index (χ4v) is 2.54. The van der Waals surface area contributed by atoms with Crippen molar-refractivity contribution < 1.29 is 5.11 Å². The number of aliphatic hydroxyl groups excluding tert-OH is 1. The molecule has 0 atom stereocenters. The molecule has 0 bridgehead atoms. The molecule has 1 heterocycles. The topological polar surface area (TPSA) is 38.7 Å². The molecule has 1 aromatic rings. The first-order chi connectivity index (χ1) is 9.19. The van der Waals surface area contributed by atoms with Gasteiger partial charge in [-0.05, 0) is 36.8 Å². The molecule has 1 aromatic carbocycles. The van der Waals surface area contributed by atoms with E-state index in [1.54, 1.807) is 0 Å². The number of benzene rings is 1. The molecule has 2 N–H and O–H groups in total. The van der Waals surface area contributed by atoms with Crippen molar-refractivity contribution in [3.63, 3.8) is 0 Å². The molecular formula is C14H21N3OS. The second kappa shape index (κ2) is 6.84. The Kier molecular flexibility index (Phi) is 5.13. The first kappa shape index (κ1) is 14.2. The van der Waals surface area contributed by atoms with Crippen molar-refractivity contribution in [2.45, 2.75) is 6.92 Å². The van der Waals surface area contributed by atoms with E-state index >= 15 is 0 Å². The van der Waals surface area contributed by atoms with Crippen molar-refractivity contribution in [1.29, 1.82) is 0 Å². The Bertz CT molecular complexity index is 430. The van der Waals surface area contributed by atoms with Gasteiger partial charge in [0.15, 0.2) is 5.11 Å². The lowest BCUT2D eigenvalue weighted by Gasteiger charge is -2.35. The van der Waals surface area contributed by atoms with Crippen LogP contribution in [0.1, 0.15) is 5.56 Å². The number of anilines is 1. The third-order valence-corrected chi connectivity index (χ3v) is 3.71. The number of nitrogens with one attached hydrogen (secondary N) is 1. The summed E-state index contributed by atoms with van der Waals surface area (Å²) in [5, 5.41) is 13.0. The highest BCUT2D eigenvalue weighted by molar-refractivity contribution is 7.80. The number of nitrogens with zero attached hydrogens (tertiary/aromatic N) is 2. The van der Waals surface area contributed by atoms with Gasteiger partial charge in [0.1, 0.15) is 0 Å². The van der Waals surface area contributed by atoms with E-state index in [-0.39, 0.29) is 6.61 Å². The first-order valence-corrected chi connectivity index (χ1v) is 7.05. The fraction of sp³-hybridized carbons (Fsp3) is 0.500. The Morgan fingerprint density at radius 3 is 2.68 bits per heavy atom. The number of β-amino-alcohol motifs (C(OH)–C–C–N with tert-alkyl or cyclic N) is 1. The zero-order valence-corrected chi connectivity index (χ0v) is 12.1. The zero-order valence-electron chi connectivity index (χ0n) is 11.3. The number of aliphatic hydroxyl groups is 1. The van der Waals surface area contributed by atoms with E-state index in [0.717, 1.165) is 43.5 Å². The average molecular weight is 279 g/mol. The van der Waals surface area contributed by atoms with Gasteiger partial charge in [-0.2, -0.15) is 0 Å². The van der Waals surface area contributed by atoms with Gasteiger partial charge in [0.05, 0.1) is 6.61 Å². The molecule has 0 amide bonds. The highest BCUT2D eigenvalue weighted by atomic mass is 32.1. The molecule has 1 aliphatic heterocycles. The van der Waals surface area contributed by atoms with Gasteiger partial charge in [0.2, 0.25) is 0 Å². The van der Waals surface area contributed by atoms with Crippen LogP contribution in [0.15, 0.2) is 24.3 Å². The minimum absolute atomic E-state index is 0.228. The zero-order chi connectivity index (χ0) is 13.7. The quantitative estimate of drug-likeness (QED) is 0.816. The molecule has 1 aliphatic rings. The van der Waals surface area contributed by atoms with Gasteiger partial charge < -0.3 is 15.3 Å². The number of aryl methyl sites for hydroxylation is 1. The van der Waals surface area contributed by atoms with E-state index in [2.05, 4.69) is 34.2 Å². The molecular weight excluding hydrogens is 258 g/mol. The lowest BCUT2D eigenvalue weighted by molar-refractivity contribution is 0.148. The molecule has 19 heavy (non-hydrogen) atoms. The Hall–Kier alpha value is -1.17. The fourth-order valence-electron chi connectivity index (χ4n) is 2.24. The lowest BCUT2D eigenvalue weighted by atomic mass is 10.2. The van der Waals surface area contributed by atoms with E-state index in [4.69, 9.17) is 17.3 Å². The van der Waals surface area contributed by atoms with Gasteiger partial charge in [-0.1, -0.05) is 12.1 Å². The Balaban J connectivity index is 1.84. The van der Waals surface area contributed by atoms with Gasteiger partial charge in [0.25, 0.3) is 0 Å². The molecule has 1 saturated heterocycles. The van der Waals surface area contributed by atoms with Crippen LogP contribution < -0.4 is 5.32 Å². The molecule has 0 radical (unpaired) electrons. The van der Waals surface area contributed by atoms with Crippen LogP contribution in [0.4, 0.5) is 5.69 Å². The van der Waals surface area contributed by atoms with Crippen molar-refractivity contribution in [1.82, 2.24) is 9.80 Å². The summed E-state index contributed by atoms with van der Waals surface area (Å²) in [6.45, 7) is 6.79. The number of hydrogen-bond acceptors (Lipinski definition) is 3. The van der Waals surface area contributed by atoms with Gasteiger partial charge in [-0.3, -0.25) is 4.90 Å². The van der Waals surface area contributed by atoms with Crippen molar-refractivity contribution >= 4 is 23.0 Å². The number of thiocarbonyl (C=S) groups is 1. The highest BCUT2D eigenvalue weighted by Gasteiger charge is 2.18. The van der Waals surface area contributed by atoms with Crippen molar-refractivity contribution in [2.24, 2.45) is 0 Å². The average Bonchev–Trinajstić information content (AvgIpc) is 2.40. The maximum absolute atomic E-state index is 8.92. The maximum atomic E-state index is 8.92. The Morgan fingerprint density at radius 2 is 2.05 bits per heavy atom. The maximum Gasteiger partial charge on any atom is 0.173 e. The molecule has 1 fully saturated rings. The second-order valence-corrected chi connectivity index (χ2v) is 5.24. The van der Waals surface area contributed by atoms with E-state index in [1.807, 2.05) is 12.1 Å². The van der Waals surface area contributed by atoms with Crippen LogP contribution in [0.2, 0.25) is 0 Å². The van der Waals surface area contributed by atoms with Crippen molar-refractivity contribution in [3.8, 4) is 0 Å². The minimum Gasteiger partial charge on any atom is -0.395 e. The lowest BCUT2D eigenvalue weighted by Crippen LogP contribution is -2.50. The predicted molar refractivity (Wildman–Crippen MR) is 82.5 cm³/mol. The summed E-state index contributed by atoms with van der Waals surface area (Å²) in [4.78, 5) is 4.44. The molecule has 2 rings (SSSR count). The third-order valence-electron chi connectivity index (χ3n) is 3.35. The second-order valence-electron chi connectivity index (χ2n) is 4.85. The molecule has 0 aliphatic carbocycles. The van der Waals surface area contributed by atoms with Crippen LogP contribution in [0.5, 0.6) is 0 Å². The largest absolute Gasteiger partial charge is 0.395 e. The van der Waals surface area contributed by atoms with E-state index in [9.17, 15) is 0 Å². The van der Waals surface area contributed by atoms with Crippen molar-refractivity contribution in [3.05, 3.63) is 29.8 Å². The molecule has 0 aromatic heterocycles. The van der Waals surface area contributed by atoms with E-state index in [0.29, 0.717) is 0 Å². The molecule has 0 unspecified atom stereocenters. The van der Waals surface area contributed by atoms with Crippen LogP contribution >= 0.6 is 12.2 Å². The van der Waals surface area contributed by atoms with Crippen molar-refractivity contribution in [2.75, 3.05) is 44.6 Å². The monoisotopic (exact) mass is 279 g/mol. The van der Waals surface area contributed by atoms with Crippen LogP contribution in [-0.2, 0) is 0 Å². The first-order valence-electron chi connectivity index (χ1n) is 6.65. The summed E-state index contributed by atoms with van der Waals surface area (Å²) in [5.74, 6) is 0. The molecule has 0 saturated carbocycles. The molecule has 0 spiro atoms. The summed E-state index contributed by atoms with van der Waals surface area (Å²) < 4.78 is 0. The summed E-state index contributed by atoms with van der Waals surface area (Å²) in [5.41, 5.74) is 2.27. The number of rotatable bonds is 3. The smallest absolute Gasteiger partial charge is 0.173 e. The van der Waals surface area contributed by atoms with Gasteiger partial charge >= 0.3 is 0 Å². The summed E-state index contributed by atoms with van der Waals surface area (Å²) >= 11 is 5.45. The SMILES string of the molecule is Cc1cccc(NC(=S)N2CCN(CCO)CC2)c1. The molecule has 5 heteroatoms. The summed E-state index contributed by atoms with van der Waals surface area (Å²) in [6, 6.07) is 8.22. The highest BCUT2D eigenvalue weighted by Crippen LogP contribution is 2.11. The van der Waals surface area contributed by atoms with Gasteiger partial charge in [-0.15, -0.1) is 0 Å². The van der Waals surface area contributed by atoms with E-state index in [1.165, 1.54) is 5.56 Å². The minimum atomic E-state index is 0.228. The van der Waals surface area contributed by atoms with Gasteiger partial charge in [0, 0.05) is 38.4 Å². The van der Waals surface area contributed by atoms with Crippen LogP contribution in [-0.4, -0.2) is 59.3 Å². The molecule has 4 nitrogen and oxygen atoms in total.